The van der Waals surface area contributed by atoms with E-state index in [1.54, 1.807) is 17.6 Å². The molecule has 3 aromatic carbocycles. The summed E-state index contributed by atoms with van der Waals surface area (Å²) >= 11 is 0. The van der Waals surface area contributed by atoms with Gasteiger partial charge in [0.2, 0.25) is 5.82 Å². The lowest BCUT2D eigenvalue weighted by molar-refractivity contribution is -0.00726. The quantitative estimate of drug-likeness (QED) is 0.166. The Morgan fingerprint density at radius 2 is 1.78 bits per heavy atom. The van der Waals surface area contributed by atoms with E-state index in [0.29, 0.717) is 35.6 Å². The summed E-state index contributed by atoms with van der Waals surface area (Å²) in [4.78, 5) is 29.7. The second kappa shape index (κ2) is 13.2. The average molecular weight is 611 g/mol. The highest BCUT2D eigenvalue weighted by molar-refractivity contribution is 6.02. The number of fused-ring (bicyclic) bond motifs is 1. The minimum Gasteiger partial charge on any atom is -0.478 e. The fourth-order valence-electron chi connectivity index (χ4n) is 5.86. The molecule has 0 bridgehead atoms. The van der Waals surface area contributed by atoms with Crippen LogP contribution in [0.5, 0.6) is 6.01 Å². The Balaban J connectivity index is 1.32. The summed E-state index contributed by atoms with van der Waals surface area (Å²) in [6.45, 7) is 4.18. The van der Waals surface area contributed by atoms with Crippen LogP contribution >= 0.6 is 0 Å². The number of carboxylic acid groups (broad SMARTS) is 1. The predicted molar refractivity (Wildman–Crippen MR) is 165 cm³/mol. The second-order valence-electron chi connectivity index (χ2n) is 11.0. The SMILES string of the molecule is CCOc1nc2c(C(C)OC(=O)OC3CCCCC3)ccc(C(=O)O)c2n1Cc1ccc(-c2ccccc2-c2nn[nH]n2)cc1. The number of rotatable bonds is 10. The highest BCUT2D eigenvalue weighted by Crippen LogP contribution is 2.34. The van der Waals surface area contributed by atoms with Crippen molar-refractivity contribution in [1.82, 2.24) is 30.2 Å². The summed E-state index contributed by atoms with van der Waals surface area (Å²) in [6.07, 6.45) is 3.24. The first kappa shape index (κ1) is 29.8. The van der Waals surface area contributed by atoms with Crippen LogP contribution < -0.4 is 4.74 Å². The molecule has 1 fully saturated rings. The molecular weight excluding hydrogens is 576 g/mol. The molecule has 12 nitrogen and oxygen atoms in total. The maximum Gasteiger partial charge on any atom is 0.509 e. The standard InChI is InChI=1S/C33H34N6O6/c1-3-43-32-34-28-24(20(2)44-33(42)45-23-9-5-4-6-10-23)17-18-27(31(40)41)29(28)39(32)19-21-13-15-22(16-14-21)25-11-7-8-12-26(25)30-35-37-38-36-30/h7-8,11-18,20,23H,3-6,9-10,19H2,1-2H3,(H,40,41)(H,35,36,37,38). The molecule has 0 amide bonds. The average Bonchev–Trinajstić information content (AvgIpc) is 3.71. The number of nitrogens with one attached hydrogen (secondary N) is 1. The normalized spacial score (nSPS) is 14.3. The third-order valence-electron chi connectivity index (χ3n) is 8.04. The number of benzene rings is 3. The number of carbonyl (C=O) groups is 2. The van der Waals surface area contributed by atoms with Gasteiger partial charge in [0.05, 0.1) is 24.2 Å². The Labute approximate surface area is 259 Å². The summed E-state index contributed by atoms with van der Waals surface area (Å²) in [5.74, 6) is -0.604. The Morgan fingerprint density at radius 3 is 2.47 bits per heavy atom. The molecule has 0 saturated heterocycles. The van der Waals surface area contributed by atoms with Crippen molar-refractivity contribution in [3.8, 4) is 28.5 Å². The maximum atomic E-state index is 12.6. The van der Waals surface area contributed by atoms with Crippen LogP contribution in [0.2, 0.25) is 0 Å². The fourth-order valence-corrected chi connectivity index (χ4v) is 5.86. The first-order valence-electron chi connectivity index (χ1n) is 15.1. The van der Waals surface area contributed by atoms with Crippen molar-refractivity contribution in [2.75, 3.05) is 6.61 Å². The lowest BCUT2D eigenvalue weighted by Crippen LogP contribution is -2.22. The molecular formula is C33H34N6O6. The highest BCUT2D eigenvalue weighted by Gasteiger charge is 2.26. The third kappa shape index (κ3) is 6.35. The van der Waals surface area contributed by atoms with E-state index in [1.807, 2.05) is 55.5 Å². The molecule has 2 aromatic heterocycles. The smallest absolute Gasteiger partial charge is 0.478 e. The number of aromatic amines is 1. The van der Waals surface area contributed by atoms with E-state index in [-0.39, 0.29) is 17.7 Å². The van der Waals surface area contributed by atoms with Crippen molar-refractivity contribution >= 4 is 23.2 Å². The monoisotopic (exact) mass is 610 g/mol. The van der Waals surface area contributed by atoms with Gasteiger partial charge in [0, 0.05) is 11.1 Å². The van der Waals surface area contributed by atoms with E-state index in [4.69, 9.17) is 19.2 Å². The van der Waals surface area contributed by atoms with Crippen molar-refractivity contribution in [2.24, 2.45) is 0 Å². The van der Waals surface area contributed by atoms with Gasteiger partial charge in [-0.25, -0.2) is 9.59 Å². The molecule has 0 radical (unpaired) electrons. The van der Waals surface area contributed by atoms with Crippen LogP contribution in [0.15, 0.2) is 60.7 Å². The highest BCUT2D eigenvalue weighted by atomic mass is 16.7. The van der Waals surface area contributed by atoms with Crippen LogP contribution in [-0.4, -0.2) is 60.1 Å². The zero-order valence-corrected chi connectivity index (χ0v) is 25.1. The number of hydrogen-bond acceptors (Lipinski definition) is 9. The fraction of sp³-hybridized carbons (Fsp3) is 0.333. The number of carbonyl (C=O) groups excluding carboxylic acids is 1. The first-order chi connectivity index (χ1) is 21.9. The van der Waals surface area contributed by atoms with Crippen LogP contribution in [0.4, 0.5) is 4.79 Å². The van der Waals surface area contributed by atoms with Gasteiger partial charge in [0.15, 0.2) is 0 Å². The molecule has 45 heavy (non-hydrogen) atoms. The second-order valence-corrected chi connectivity index (χ2v) is 11.0. The number of aromatic nitrogens is 6. The summed E-state index contributed by atoms with van der Waals surface area (Å²) in [7, 11) is 0. The van der Waals surface area contributed by atoms with Gasteiger partial charge in [-0.05, 0) is 67.5 Å². The molecule has 1 unspecified atom stereocenters. The van der Waals surface area contributed by atoms with Gasteiger partial charge in [0.25, 0.3) is 6.01 Å². The Kier molecular flexibility index (Phi) is 8.72. The molecule has 2 heterocycles. The Hall–Kier alpha value is -5.26. The number of hydrogen-bond donors (Lipinski definition) is 2. The van der Waals surface area contributed by atoms with Crippen molar-refractivity contribution < 1.29 is 28.9 Å². The molecule has 12 heteroatoms. The first-order valence-corrected chi connectivity index (χ1v) is 15.1. The van der Waals surface area contributed by atoms with Gasteiger partial charge in [0.1, 0.15) is 17.7 Å². The van der Waals surface area contributed by atoms with Crippen LogP contribution in [0.3, 0.4) is 0 Å². The van der Waals surface area contributed by atoms with Gasteiger partial charge in [-0.2, -0.15) is 10.2 Å². The zero-order chi connectivity index (χ0) is 31.3. The molecule has 232 valence electrons. The Bertz CT molecular complexity index is 1790. The van der Waals surface area contributed by atoms with Crippen molar-refractivity contribution in [3.05, 3.63) is 77.4 Å². The van der Waals surface area contributed by atoms with Crippen molar-refractivity contribution in [1.29, 1.82) is 0 Å². The molecule has 1 saturated carbocycles. The lowest BCUT2D eigenvalue weighted by atomic mass is 9.98. The minimum atomic E-state index is -1.10. The Morgan fingerprint density at radius 1 is 1.02 bits per heavy atom. The molecule has 1 atom stereocenters. The molecule has 6 rings (SSSR count). The van der Waals surface area contributed by atoms with E-state index < -0.39 is 18.2 Å². The zero-order valence-electron chi connectivity index (χ0n) is 25.1. The topological polar surface area (TPSA) is 154 Å². The maximum absolute atomic E-state index is 12.6. The van der Waals surface area contributed by atoms with Gasteiger partial charge in [-0.3, -0.25) is 4.57 Å². The number of tetrazole rings is 1. The van der Waals surface area contributed by atoms with Crippen molar-refractivity contribution in [3.63, 3.8) is 0 Å². The number of nitrogens with zero attached hydrogens (tertiary/aromatic N) is 5. The molecule has 1 aliphatic carbocycles. The summed E-state index contributed by atoms with van der Waals surface area (Å²) < 4.78 is 18.9. The lowest BCUT2D eigenvalue weighted by Gasteiger charge is -2.22. The van der Waals surface area contributed by atoms with Crippen LogP contribution in [0, 0.1) is 0 Å². The molecule has 0 spiro atoms. The van der Waals surface area contributed by atoms with Gasteiger partial charge in [-0.15, -0.1) is 10.2 Å². The van der Waals surface area contributed by atoms with Crippen LogP contribution in [-0.2, 0) is 16.0 Å². The largest absolute Gasteiger partial charge is 0.509 e. The summed E-state index contributed by atoms with van der Waals surface area (Å²) in [5.41, 5.74) is 5.04. The third-order valence-corrected chi connectivity index (χ3v) is 8.04. The van der Waals surface area contributed by atoms with E-state index in [9.17, 15) is 14.7 Å². The van der Waals surface area contributed by atoms with Gasteiger partial charge in [-0.1, -0.05) is 61.0 Å². The van der Waals surface area contributed by atoms with E-state index in [0.717, 1.165) is 54.4 Å². The van der Waals surface area contributed by atoms with Crippen LogP contribution in [0.25, 0.3) is 33.5 Å². The molecule has 5 aromatic rings. The van der Waals surface area contributed by atoms with Crippen molar-refractivity contribution in [2.45, 2.75) is 64.7 Å². The van der Waals surface area contributed by atoms with E-state index in [2.05, 4.69) is 20.6 Å². The van der Waals surface area contributed by atoms with Gasteiger partial charge < -0.3 is 19.3 Å². The number of ether oxygens (including phenoxy) is 3. The number of carboxylic acids is 1. The van der Waals surface area contributed by atoms with Crippen LogP contribution in [0.1, 0.15) is 73.5 Å². The number of imidazole rings is 1. The molecule has 0 aliphatic heterocycles. The minimum absolute atomic E-state index is 0.0647. The summed E-state index contributed by atoms with van der Waals surface area (Å²) in [6, 6.07) is 19.1. The number of aromatic carboxylic acids is 1. The molecule has 2 N–H and O–H groups in total. The molecule has 1 aliphatic rings. The van der Waals surface area contributed by atoms with E-state index >= 15 is 0 Å². The summed E-state index contributed by atoms with van der Waals surface area (Å²) in [5, 5.41) is 24.6. The van der Waals surface area contributed by atoms with Gasteiger partial charge >= 0.3 is 12.1 Å². The predicted octanol–water partition coefficient (Wildman–Crippen LogP) is 6.58. The van der Waals surface area contributed by atoms with E-state index in [1.165, 1.54) is 6.07 Å². The number of H-pyrrole nitrogens is 1.